The molecular formula is C37H45N5O6S. The maximum absolute atomic E-state index is 14.8. The van der Waals surface area contributed by atoms with Crippen molar-refractivity contribution in [1.29, 1.82) is 0 Å². The second-order valence-electron chi connectivity index (χ2n) is 15.2. The van der Waals surface area contributed by atoms with Gasteiger partial charge in [-0.15, -0.1) is 0 Å². The highest BCUT2D eigenvalue weighted by molar-refractivity contribution is 7.87. The third-order valence-electron chi connectivity index (χ3n) is 12.4. The molecular weight excluding hydrogens is 643 g/mol. The summed E-state index contributed by atoms with van der Waals surface area (Å²) in [6.45, 7) is 3.34. The molecule has 5 heterocycles. The van der Waals surface area contributed by atoms with E-state index in [1.807, 2.05) is 18.2 Å². The predicted octanol–water partition coefficient (Wildman–Crippen LogP) is 4.07. The Kier molecular flexibility index (Phi) is 7.43. The van der Waals surface area contributed by atoms with Gasteiger partial charge in [-0.25, -0.2) is 4.72 Å². The first-order valence-corrected chi connectivity index (χ1v) is 19.4. The Morgan fingerprint density at radius 3 is 2.49 bits per heavy atom. The summed E-state index contributed by atoms with van der Waals surface area (Å²) in [5.74, 6) is 0.812. The van der Waals surface area contributed by atoms with E-state index in [1.54, 1.807) is 13.2 Å². The lowest BCUT2D eigenvalue weighted by Gasteiger charge is -2.56. The lowest BCUT2D eigenvalue weighted by molar-refractivity contribution is -0.159. The van der Waals surface area contributed by atoms with Gasteiger partial charge in [-0.3, -0.25) is 9.59 Å². The highest BCUT2D eigenvalue weighted by Crippen LogP contribution is 2.67. The summed E-state index contributed by atoms with van der Waals surface area (Å²) in [6.07, 6.45) is 7.59. The molecule has 0 radical (unpaired) electrons. The van der Waals surface area contributed by atoms with Gasteiger partial charge in [0.2, 0.25) is 5.91 Å². The molecule has 11 nitrogen and oxygen atoms in total. The monoisotopic (exact) mass is 687 g/mol. The minimum atomic E-state index is -4.02. The van der Waals surface area contributed by atoms with Crippen molar-refractivity contribution in [3.8, 4) is 17.0 Å². The van der Waals surface area contributed by atoms with Gasteiger partial charge in [-0.2, -0.15) is 12.7 Å². The van der Waals surface area contributed by atoms with Crippen LogP contribution in [0.25, 0.3) is 22.2 Å². The van der Waals surface area contributed by atoms with Gasteiger partial charge in [0.1, 0.15) is 5.75 Å². The summed E-state index contributed by atoms with van der Waals surface area (Å²) < 4.78 is 43.3. The highest BCUT2D eigenvalue weighted by Gasteiger charge is 2.66. The van der Waals surface area contributed by atoms with Crippen molar-refractivity contribution < 1.29 is 27.5 Å². The molecule has 4 aliphatic heterocycles. The minimum Gasteiger partial charge on any atom is -0.497 e. The smallest absolute Gasteiger partial charge is 0.304 e. The summed E-state index contributed by atoms with van der Waals surface area (Å²) >= 11 is 0. The number of carbonyl (C=O) groups excluding carboxylic acids is 2. The van der Waals surface area contributed by atoms with Crippen LogP contribution in [0.1, 0.15) is 78.3 Å². The first kappa shape index (κ1) is 31.5. The van der Waals surface area contributed by atoms with E-state index in [0.717, 1.165) is 66.7 Å². The maximum Gasteiger partial charge on any atom is 0.304 e. The van der Waals surface area contributed by atoms with Crippen LogP contribution in [0.3, 0.4) is 0 Å². The van der Waals surface area contributed by atoms with E-state index in [2.05, 4.69) is 38.3 Å². The van der Waals surface area contributed by atoms with Gasteiger partial charge in [0.15, 0.2) is 0 Å². The molecule has 9 rings (SSSR count). The van der Waals surface area contributed by atoms with Crippen LogP contribution in [0.2, 0.25) is 0 Å². The molecule has 2 amide bonds. The highest BCUT2D eigenvalue weighted by atomic mass is 32.2. The van der Waals surface area contributed by atoms with Crippen molar-refractivity contribution in [2.24, 2.45) is 5.41 Å². The van der Waals surface area contributed by atoms with Gasteiger partial charge in [-0.05, 0) is 80.1 Å². The Morgan fingerprint density at radius 2 is 1.76 bits per heavy atom. The standard InChI is InChI=1S/C37H45N5O6S/c1-39-20-25-17-26(21-39)42(25)36(44)37-19-31(37)30-18-27(47-2)9-11-28(30)34-33(23-6-4-3-5-7-23)29-10-8-24(16-32(29)41(34)22-37)35(43)38-49(45,46)40-12-14-48-15-13-40/h8-11,16,18,23,25-26,31H,3-7,12-15,17,19-22H2,1-2H3,(H,38,43). The largest absolute Gasteiger partial charge is 0.497 e. The number of ether oxygens (including phenoxy) is 2. The van der Waals surface area contributed by atoms with Gasteiger partial charge >= 0.3 is 10.2 Å². The molecule has 3 aromatic rings. The van der Waals surface area contributed by atoms with Gasteiger partial charge in [0, 0.05) is 72.8 Å². The van der Waals surface area contributed by atoms with E-state index in [9.17, 15) is 18.0 Å². The van der Waals surface area contributed by atoms with Crippen LogP contribution in [0.4, 0.5) is 0 Å². The van der Waals surface area contributed by atoms with Crippen molar-refractivity contribution in [1.82, 2.24) is 23.4 Å². The average molecular weight is 688 g/mol. The molecule has 0 spiro atoms. The third kappa shape index (κ3) is 4.96. The fourth-order valence-electron chi connectivity index (χ4n) is 9.86. The number of piperazine rings is 1. The minimum absolute atomic E-state index is 0.0726. The summed E-state index contributed by atoms with van der Waals surface area (Å²) in [4.78, 5) is 33.0. The van der Waals surface area contributed by atoms with Gasteiger partial charge in [0.05, 0.1) is 31.4 Å². The molecule has 49 heavy (non-hydrogen) atoms. The van der Waals surface area contributed by atoms with Crippen molar-refractivity contribution in [3.05, 3.63) is 53.1 Å². The van der Waals surface area contributed by atoms with Crippen LogP contribution in [0.15, 0.2) is 36.4 Å². The quantitative estimate of drug-likeness (QED) is 0.416. The molecule has 1 N–H and O–H groups in total. The molecule has 5 fully saturated rings. The molecule has 2 bridgehead atoms. The van der Waals surface area contributed by atoms with Crippen LogP contribution >= 0.6 is 0 Å². The number of likely N-dealkylation sites (N-methyl/N-ethyl adjacent to an activating group) is 1. The van der Waals surface area contributed by atoms with Crippen molar-refractivity contribution in [3.63, 3.8) is 0 Å². The molecule has 2 saturated carbocycles. The number of hydrogen-bond donors (Lipinski definition) is 1. The summed E-state index contributed by atoms with van der Waals surface area (Å²) in [5, 5.41) is 1.08. The van der Waals surface area contributed by atoms with E-state index in [1.165, 1.54) is 34.7 Å². The van der Waals surface area contributed by atoms with Crippen molar-refractivity contribution in [2.75, 3.05) is 53.6 Å². The Labute approximate surface area is 287 Å². The van der Waals surface area contributed by atoms with Crippen LogP contribution in [0, 0.1) is 5.41 Å². The number of carbonyl (C=O) groups is 2. The second-order valence-corrected chi connectivity index (χ2v) is 16.9. The first-order chi connectivity index (χ1) is 23.7. The zero-order valence-electron chi connectivity index (χ0n) is 28.3. The molecule has 12 heteroatoms. The molecule has 2 aromatic carbocycles. The number of benzene rings is 2. The van der Waals surface area contributed by atoms with E-state index in [0.29, 0.717) is 25.7 Å². The van der Waals surface area contributed by atoms with Crippen molar-refractivity contribution >= 4 is 32.9 Å². The number of aromatic nitrogens is 1. The number of rotatable bonds is 6. The molecule has 2 aliphatic carbocycles. The zero-order valence-corrected chi connectivity index (χ0v) is 29.1. The van der Waals surface area contributed by atoms with Crippen LogP contribution in [0.5, 0.6) is 5.75 Å². The first-order valence-electron chi connectivity index (χ1n) is 17.9. The SMILES string of the molecule is COc1ccc2c(c1)C1CC1(C(=O)N1C3CC1CN(C)C3)Cn1c-2c(C2CCCCC2)c2ccc(C(=O)NS(=O)(=O)N3CCOCC3)cc21. The van der Waals surface area contributed by atoms with Gasteiger partial charge in [-0.1, -0.05) is 25.3 Å². The van der Waals surface area contributed by atoms with E-state index in [-0.39, 0.29) is 42.6 Å². The van der Waals surface area contributed by atoms with Gasteiger partial charge < -0.3 is 23.8 Å². The lowest BCUT2D eigenvalue weighted by Crippen LogP contribution is -2.70. The lowest BCUT2D eigenvalue weighted by atomic mass is 9.81. The topological polar surface area (TPSA) is 113 Å². The number of piperidine rings is 1. The number of amides is 2. The normalized spacial score (nSPS) is 28.5. The average Bonchev–Trinajstić information content (AvgIpc) is 3.78. The van der Waals surface area contributed by atoms with Crippen molar-refractivity contribution in [2.45, 2.75) is 75.4 Å². The maximum atomic E-state index is 14.8. The van der Waals surface area contributed by atoms with E-state index >= 15 is 0 Å². The fraction of sp³-hybridized carbons (Fsp3) is 0.568. The van der Waals surface area contributed by atoms with Gasteiger partial charge in [0.25, 0.3) is 5.91 Å². The molecule has 4 unspecified atom stereocenters. The Balaban J connectivity index is 1.19. The number of nitrogens with one attached hydrogen (secondary N) is 1. The summed E-state index contributed by atoms with van der Waals surface area (Å²) in [5.41, 5.74) is 5.32. The van der Waals surface area contributed by atoms with E-state index in [4.69, 9.17) is 9.47 Å². The molecule has 6 aliphatic rings. The third-order valence-corrected chi connectivity index (χ3v) is 13.8. The molecule has 260 valence electrons. The summed E-state index contributed by atoms with van der Waals surface area (Å²) in [6, 6.07) is 12.5. The number of fused-ring (bicyclic) bond motifs is 9. The molecule has 4 atom stereocenters. The predicted molar refractivity (Wildman–Crippen MR) is 185 cm³/mol. The Morgan fingerprint density at radius 1 is 1.00 bits per heavy atom. The molecule has 3 saturated heterocycles. The van der Waals surface area contributed by atoms with Crippen LogP contribution in [-0.2, 0) is 26.3 Å². The number of hydrogen-bond acceptors (Lipinski definition) is 7. The molecule has 1 aromatic heterocycles. The second kappa shape index (κ2) is 11.5. The van der Waals surface area contributed by atoms with Crippen LogP contribution < -0.4 is 9.46 Å². The number of nitrogens with zero attached hydrogens (tertiary/aromatic N) is 4. The van der Waals surface area contributed by atoms with E-state index < -0.39 is 21.5 Å². The van der Waals surface area contributed by atoms with Crippen LogP contribution in [-0.4, -0.2) is 105 Å². The Bertz CT molecular complexity index is 1950. The number of morpholine rings is 1. The Hall–Kier alpha value is -3.45. The number of methoxy groups -OCH3 is 1. The number of likely N-dealkylation sites (tertiary alicyclic amines) is 2. The summed E-state index contributed by atoms with van der Waals surface area (Å²) in [7, 11) is -0.195. The zero-order chi connectivity index (χ0) is 33.7. The fourth-order valence-corrected chi connectivity index (χ4v) is 11.0.